The van der Waals surface area contributed by atoms with Crippen LogP contribution >= 0.6 is 0 Å². The quantitative estimate of drug-likeness (QED) is 0.618. The molecule has 31 heavy (non-hydrogen) atoms. The van der Waals surface area contributed by atoms with Crippen LogP contribution in [0.4, 0.5) is 0 Å². The van der Waals surface area contributed by atoms with E-state index >= 15 is 0 Å². The third-order valence-corrected chi connectivity index (χ3v) is 4.40. The summed E-state index contributed by atoms with van der Waals surface area (Å²) in [5.41, 5.74) is 6.47. The molecule has 1 aliphatic heterocycles. The fraction of sp³-hybridized carbons (Fsp3) is 0.409. The highest BCUT2D eigenvalue weighted by Gasteiger charge is 2.38. The van der Waals surface area contributed by atoms with Gasteiger partial charge >= 0.3 is 11.9 Å². The molecule has 0 aromatic heterocycles. The van der Waals surface area contributed by atoms with Gasteiger partial charge in [-0.05, 0) is 38.5 Å². The van der Waals surface area contributed by atoms with Gasteiger partial charge in [-0.1, -0.05) is 6.07 Å². The molecule has 1 aromatic carbocycles. The fourth-order valence-corrected chi connectivity index (χ4v) is 3.14. The van der Waals surface area contributed by atoms with Gasteiger partial charge in [0.1, 0.15) is 23.8 Å². The number of carbonyl (C=O) groups is 2. The smallest absolute Gasteiger partial charge is 0.338 e. The molecule has 9 heteroatoms. The number of nitrogens with two attached hydrogens (primary N) is 1. The molecule has 9 nitrogen and oxygen atoms in total. The number of nitrogens with zero attached hydrogens (tertiary/aromatic N) is 1. The van der Waals surface area contributed by atoms with Gasteiger partial charge in [0.05, 0.1) is 38.4 Å². The number of rotatable bonds is 8. The Morgan fingerprint density at radius 2 is 1.94 bits per heavy atom. The first-order valence-corrected chi connectivity index (χ1v) is 9.66. The Hall–Kier alpha value is -3.67. The van der Waals surface area contributed by atoms with Gasteiger partial charge in [0.25, 0.3) is 0 Å². The lowest BCUT2D eigenvalue weighted by Gasteiger charge is -2.28. The molecule has 0 amide bonds. The van der Waals surface area contributed by atoms with Gasteiger partial charge in [-0.25, -0.2) is 4.79 Å². The molecule has 2 N–H and O–H groups in total. The normalized spacial score (nSPS) is 15.8. The summed E-state index contributed by atoms with van der Waals surface area (Å²) < 4.78 is 26.5. The van der Waals surface area contributed by atoms with E-state index in [1.165, 1.54) is 14.2 Å². The van der Waals surface area contributed by atoms with E-state index in [0.717, 1.165) is 0 Å². The van der Waals surface area contributed by atoms with Gasteiger partial charge in [-0.3, -0.25) is 4.79 Å². The maximum Gasteiger partial charge on any atom is 0.338 e. The number of carbonyl (C=O) groups excluding carboxylic acids is 2. The van der Waals surface area contributed by atoms with Crippen LogP contribution < -0.4 is 15.2 Å². The van der Waals surface area contributed by atoms with Crippen LogP contribution in [-0.4, -0.2) is 38.9 Å². The SMILES string of the molecule is CCOc1cc([C@@H]2C(C#N)=C(N)OC(CC(=O)OC)=C2C(=O)OC)ccc1OC(C)C. The summed E-state index contributed by atoms with van der Waals surface area (Å²) in [4.78, 5) is 24.6. The van der Waals surface area contributed by atoms with E-state index < -0.39 is 17.9 Å². The molecule has 1 aromatic rings. The van der Waals surface area contributed by atoms with Crippen molar-refractivity contribution < 1.29 is 33.3 Å². The van der Waals surface area contributed by atoms with Crippen LogP contribution in [0, 0.1) is 11.3 Å². The highest BCUT2D eigenvalue weighted by molar-refractivity contribution is 5.93. The molecule has 0 saturated carbocycles. The van der Waals surface area contributed by atoms with Crippen LogP contribution in [0.5, 0.6) is 11.5 Å². The van der Waals surface area contributed by atoms with E-state index in [1.807, 2.05) is 26.8 Å². The fourth-order valence-electron chi connectivity index (χ4n) is 3.14. The Morgan fingerprint density at radius 3 is 2.48 bits per heavy atom. The van der Waals surface area contributed by atoms with Crippen molar-refractivity contribution >= 4 is 11.9 Å². The molecule has 2 rings (SSSR count). The van der Waals surface area contributed by atoms with Gasteiger partial charge in [0.15, 0.2) is 11.5 Å². The number of methoxy groups -OCH3 is 2. The van der Waals surface area contributed by atoms with Crippen LogP contribution in [0.15, 0.2) is 41.0 Å². The average molecular weight is 430 g/mol. The molecule has 0 bridgehead atoms. The zero-order chi connectivity index (χ0) is 23.1. The highest BCUT2D eigenvalue weighted by atomic mass is 16.5. The monoisotopic (exact) mass is 430 g/mol. The predicted molar refractivity (Wildman–Crippen MR) is 110 cm³/mol. The van der Waals surface area contributed by atoms with Crippen LogP contribution in [0.3, 0.4) is 0 Å². The minimum absolute atomic E-state index is 0.00833. The van der Waals surface area contributed by atoms with Gasteiger partial charge in [-0.15, -0.1) is 0 Å². The Labute approximate surface area is 181 Å². The van der Waals surface area contributed by atoms with Crippen LogP contribution in [0.2, 0.25) is 0 Å². The van der Waals surface area contributed by atoms with Gasteiger partial charge in [0.2, 0.25) is 5.88 Å². The Kier molecular flexibility index (Phi) is 7.91. The highest BCUT2D eigenvalue weighted by Crippen LogP contribution is 2.43. The maximum atomic E-state index is 12.7. The molecule has 0 radical (unpaired) electrons. The summed E-state index contributed by atoms with van der Waals surface area (Å²) in [5.74, 6) is -1.63. The van der Waals surface area contributed by atoms with Crippen molar-refractivity contribution in [3.63, 3.8) is 0 Å². The van der Waals surface area contributed by atoms with Gasteiger partial charge < -0.3 is 29.4 Å². The molecule has 0 fully saturated rings. The van der Waals surface area contributed by atoms with Crippen molar-refractivity contribution in [2.45, 2.75) is 39.2 Å². The number of ether oxygens (including phenoxy) is 5. The summed E-state index contributed by atoms with van der Waals surface area (Å²) in [6, 6.07) is 7.05. The molecule has 0 spiro atoms. The summed E-state index contributed by atoms with van der Waals surface area (Å²) in [7, 11) is 2.41. The summed E-state index contributed by atoms with van der Waals surface area (Å²) in [6.45, 7) is 5.97. The Balaban J connectivity index is 2.70. The molecule has 1 aliphatic rings. The van der Waals surface area contributed by atoms with Crippen molar-refractivity contribution in [3.8, 4) is 17.6 Å². The molecule has 0 unspecified atom stereocenters. The first-order chi connectivity index (χ1) is 14.8. The van der Waals surface area contributed by atoms with Gasteiger partial charge in [0, 0.05) is 0 Å². The van der Waals surface area contributed by atoms with E-state index in [9.17, 15) is 14.9 Å². The molecule has 0 aliphatic carbocycles. The zero-order valence-electron chi connectivity index (χ0n) is 18.2. The number of esters is 2. The minimum Gasteiger partial charge on any atom is -0.490 e. The second-order valence-corrected chi connectivity index (χ2v) is 6.81. The average Bonchev–Trinajstić information content (AvgIpc) is 2.73. The second-order valence-electron chi connectivity index (χ2n) is 6.81. The van der Waals surface area contributed by atoms with Crippen molar-refractivity contribution in [3.05, 3.63) is 46.6 Å². The van der Waals surface area contributed by atoms with Gasteiger partial charge in [-0.2, -0.15) is 5.26 Å². The largest absolute Gasteiger partial charge is 0.490 e. The molecular weight excluding hydrogens is 404 g/mol. The van der Waals surface area contributed by atoms with Crippen molar-refractivity contribution in [1.82, 2.24) is 0 Å². The lowest BCUT2D eigenvalue weighted by atomic mass is 9.82. The van der Waals surface area contributed by atoms with E-state index in [0.29, 0.717) is 23.7 Å². The number of allylic oxidation sites excluding steroid dienone is 1. The van der Waals surface area contributed by atoms with Crippen molar-refractivity contribution in [2.24, 2.45) is 5.73 Å². The van der Waals surface area contributed by atoms with E-state index in [-0.39, 0.29) is 35.3 Å². The Bertz CT molecular complexity index is 957. The standard InChI is InChI=1S/C22H26N2O7/c1-6-29-16-9-13(7-8-15(16)30-12(2)3)19-14(11-23)21(24)31-17(10-18(25)27-4)20(19)22(26)28-5/h7-9,12,19H,6,10,24H2,1-5H3/t19-/m1/s1. The summed E-state index contributed by atoms with van der Waals surface area (Å²) in [5, 5.41) is 9.74. The number of benzene rings is 1. The second kappa shape index (κ2) is 10.4. The number of nitriles is 1. The lowest BCUT2D eigenvalue weighted by Crippen LogP contribution is -2.27. The molecule has 1 atom stereocenters. The predicted octanol–water partition coefficient (Wildman–Crippen LogP) is 2.67. The summed E-state index contributed by atoms with van der Waals surface area (Å²) >= 11 is 0. The zero-order valence-corrected chi connectivity index (χ0v) is 18.2. The van der Waals surface area contributed by atoms with Crippen LogP contribution in [0.25, 0.3) is 0 Å². The third kappa shape index (κ3) is 5.28. The topological polar surface area (TPSA) is 130 Å². The first-order valence-electron chi connectivity index (χ1n) is 9.66. The van der Waals surface area contributed by atoms with E-state index in [4.69, 9.17) is 24.7 Å². The minimum atomic E-state index is -0.932. The Morgan fingerprint density at radius 1 is 1.23 bits per heavy atom. The molecule has 1 heterocycles. The molecule has 166 valence electrons. The summed E-state index contributed by atoms with van der Waals surface area (Å²) in [6.07, 6.45) is -0.445. The van der Waals surface area contributed by atoms with Crippen molar-refractivity contribution in [1.29, 1.82) is 5.26 Å². The molecular formula is C22H26N2O7. The van der Waals surface area contributed by atoms with Crippen LogP contribution in [0.1, 0.15) is 38.7 Å². The maximum absolute atomic E-state index is 12.7. The van der Waals surface area contributed by atoms with Crippen LogP contribution in [-0.2, 0) is 23.8 Å². The number of hydrogen-bond acceptors (Lipinski definition) is 9. The van der Waals surface area contributed by atoms with E-state index in [2.05, 4.69) is 4.74 Å². The third-order valence-electron chi connectivity index (χ3n) is 4.40. The number of hydrogen-bond donors (Lipinski definition) is 1. The van der Waals surface area contributed by atoms with Crippen molar-refractivity contribution in [2.75, 3.05) is 20.8 Å². The lowest BCUT2D eigenvalue weighted by molar-refractivity contribution is -0.140. The molecule has 0 saturated heterocycles. The van der Waals surface area contributed by atoms with E-state index in [1.54, 1.807) is 18.2 Å². The first kappa shape index (κ1) is 23.6.